The highest BCUT2D eigenvalue weighted by Crippen LogP contribution is 2.34. The van der Waals surface area contributed by atoms with Gasteiger partial charge in [0.25, 0.3) is 0 Å². The van der Waals surface area contributed by atoms with E-state index in [1.165, 1.54) is 25.7 Å². The predicted molar refractivity (Wildman–Crippen MR) is 49.3 cm³/mol. The minimum atomic E-state index is 0.518. The molecule has 1 saturated heterocycles. The second kappa shape index (κ2) is 3.35. The van der Waals surface area contributed by atoms with Crippen LogP contribution in [0.15, 0.2) is 0 Å². The molecule has 0 N–H and O–H groups in total. The molecule has 12 heavy (non-hydrogen) atoms. The lowest BCUT2D eigenvalue weighted by Gasteiger charge is -2.40. The van der Waals surface area contributed by atoms with Gasteiger partial charge < -0.3 is 4.74 Å². The molecule has 2 rings (SSSR count). The quantitative estimate of drug-likeness (QED) is 0.592. The van der Waals surface area contributed by atoms with Crippen molar-refractivity contribution in [2.24, 2.45) is 0 Å². The zero-order valence-electron chi connectivity index (χ0n) is 8.01. The van der Waals surface area contributed by atoms with Crippen LogP contribution >= 0.6 is 0 Å². The van der Waals surface area contributed by atoms with E-state index in [-0.39, 0.29) is 0 Å². The topological polar surface area (TPSA) is 12.5 Å². The highest BCUT2D eigenvalue weighted by molar-refractivity contribution is 4.91. The molecule has 0 aromatic carbocycles. The summed E-state index contributed by atoms with van der Waals surface area (Å²) < 4.78 is 5.36. The van der Waals surface area contributed by atoms with E-state index in [0.29, 0.717) is 5.54 Å². The Morgan fingerprint density at radius 2 is 1.67 bits per heavy atom. The summed E-state index contributed by atoms with van der Waals surface area (Å²) in [6, 6.07) is 0. The first-order chi connectivity index (χ1) is 5.81. The Kier molecular flexibility index (Phi) is 2.37. The van der Waals surface area contributed by atoms with Crippen molar-refractivity contribution in [3.8, 4) is 0 Å². The molecule has 1 saturated carbocycles. The summed E-state index contributed by atoms with van der Waals surface area (Å²) in [5, 5.41) is 0. The van der Waals surface area contributed by atoms with E-state index in [9.17, 15) is 0 Å². The molecule has 0 atom stereocenters. The average molecular weight is 169 g/mol. The van der Waals surface area contributed by atoms with Gasteiger partial charge in [0.2, 0.25) is 0 Å². The molecule has 0 radical (unpaired) electrons. The van der Waals surface area contributed by atoms with Gasteiger partial charge in [-0.2, -0.15) is 0 Å². The van der Waals surface area contributed by atoms with Crippen LogP contribution < -0.4 is 0 Å². The number of hydrogen-bond donors (Lipinski definition) is 0. The number of ether oxygens (including phenoxy) is 1. The summed E-state index contributed by atoms with van der Waals surface area (Å²) in [5.41, 5.74) is 0.518. The summed E-state index contributed by atoms with van der Waals surface area (Å²) in [6.07, 6.45) is 5.64. The molecular formula is C10H19NO. The third-order valence-electron chi connectivity index (χ3n) is 3.46. The Hall–Kier alpha value is -0.0800. The Labute approximate surface area is 74.9 Å². The lowest BCUT2D eigenvalue weighted by atomic mass is 9.97. The van der Waals surface area contributed by atoms with Crippen molar-refractivity contribution in [1.82, 2.24) is 4.90 Å². The second-order valence-electron chi connectivity index (χ2n) is 4.30. The van der Waals surface area contributed by atoms with Crippen molar-refractivity contribution < 1.29 is 4.74 Å². The Morgan fingerprint density at radius 3 is 2.25 bits per heavy atom. The van der Waals surface area contributed by atoms with Gasteiger partial charge in [-0.1, -0.05) is 12.8 Å². The van der Waals surface area contributed by atoms with Crippen molar-refractivity contribution >= 4 is 0 Å². The standard InChI is InChI=1S/C10H19NO/c1-10(4-2-3-5-10)11-6-8-12-9-7-11/h2-9H2,1H3. The molecule has 0 unspecified atom stereocenters. The van der Waals surface area contributed by atoms with Gasteiger partial charge in [-0.05, 0) is 19.8 Å². The highest BCUT2D eigenvalue weighted by Gasteiger charge is 2.35. The van der Waals surface area contributed by atoms with Gasteiger partial charge in [0.1, 0.15) is 0 Å². The second-order valence-corrected chi connectivity index (χ2v) is 4.30. The number of rotatable bonds is 1. The van der Waals surface area contributed by atoms with Crippen LogP contribution in [-0.4, -0.2) is 36.7 Å². The van der Waals surface area contributed by atoms with Crippen molar-refractivity contribution in [3.63, 3.8) is 0 Å². The van der Waals surface area contributed by atoms with Crippen LogP contribution in [0.25, 0.3) is 0 Å². The first kappa shape index (κ1) is 8.52. The minimum absolute atomic E-state index is 0.518. The van der Waals surface area contributed by atoms with Gasteiger partial charge in [0.15, 0.2) is 0 Å². The van der Waals surface area contributed by atoms with Gasteiger partial charge in [-0.25, -0.2) is 0 Å². The van der Waals surface area contributed by atoms with Crippen LogP contribution in [0.5, 0.6) is 0 Å². The number of nitrogens with zero attached hydrogens (tertiary/aromatic N) is 1. The molecular weight excluding hydrogens is 150 g/mol. The van der Waals surface area contributed by atoms with E-state index in [2.05, 4.69) is 11.8 Å². The molecule has 0 spiro atoms. The maximum absolute atomic E-state index is 5.36. The van der Waals surface area contributed by atoms with E-state index in [4.69, 9.17) is 4.74 Å². The predicted octanol–water partition coefficient (Wildman–Crippen LogP) is 1.65. The smallest absolute Gasteiger partial charge is 0.0594 e. The number of morpholine rings is 1. The zero-order chi connectivity index (χ0) is 8.44. The van der Waals surface area contributed by atoms with E-state index in [0.717, 1.165) is 26.3 Å². The molecule has 1 heterocycles. The molecule has 0 aromatic rings. The Morgan fingerprint density at radius 1 is 1.08 bits per heavy atom. The van der Waals surface area contributed by atoms with Crippen LogP contribution in [0, 0.1) is 0 Å². The van der Waals surface area contributed by atoms with E-state index in [1.54, 1.807) is 0 Å². The van der Waals surface area contributed by atoms with Crippen molar-refractivity contribution in [1.29, 1.82) is 0 Å². The maximum atomic E-state index is 5.36. The van der Waals surface area contributed by atoms with Gasteiger partial charge in [-0.15, -0.1) is 0 Å². The highest BCUT2D eigenvalue weighted by atomic mass is 16.5. The minimum Gasteiger partial charge on any atom is -0.379 e. The first-order valence-corrected chi connectivity index (χ1v) is 5.14. The van der Waals surface area contributed by atoms with E-state index < -0.39 is 0 Å². The summed E-state index contributed by atoms with van der Waals surface area (Å²) in [6.45, 7) is 6.60. The van der Waals surface area contributed by atoms with Gasteiger partial charge >= 0.3 is 0 Å². The third-order valence-corrected chi connectivity index (χ3v) is 3.46. The summed E-state index contributed by atoms with van der Waals surface area (Å²) in [7, 11) is 0. The lowest BCUT2D eigenvalue weighted by molar-refractivity contribution is -0.0139. The summed E-state index contributed by atoms with van der Waals surface area (Å²) in [5.74, 6) is 0. The lowest BCUT2D eigenvalue weighted by Crippen LogP contribution is -2.50. The van der Waals surface area contributed by atoms with Gasteiger partial charge in [-0.3, -0.25) is 4.90 Å². The molecule has 2 nitrogen and oxygen atoms in total. The van der Waals surface area contributed by atoms with E-state index in [1.807, 2.05) is 0 Å². The molecule has 2 aliphatic rings. The normalized spacial score (nSPS) is 30.8. The number of hydrogen-bond acceptors (Lipinski definition) is 2. The monoisotopic (exact) mass is 169 g/mol. The summed E-state index contributed by atoms with van der Waals surface area (Å²) >= 11 is 0. The maximum Gasteiger partial charge on any atom is 0.0594 e. The zero-order valence-corrected chi connectivity index (χ0v) is 8.01. The molecule has 0 bridgehead atoms. The van der Waals surface area contributed by atoms with Crippen LogP contribution in [0.2, 0.25) is 0 Å². The van der Waals surface area contributed by atoms with Crippen molar-refractivity contribution in [3.05, 3.63) is 0 Å². The average Bonchev–Trinajstić information content (AvgIpc) is 2.55. The molecule has 1 aliphatic heterocycles. The van der Waals surface area contributed by atoms with Crippen molar-refractivity contribution in [2.45, 2.75) is 38.1 Å². The van der Waals surface area contributed by atoms with Crippen molar-refractivity contribution in [2.75, 3.05) is 26.3 Å². The SMILES string of the molecule is CC1(N2CCOCC2)CCCC1. The van der Waals surface area contributed by atoms with Crippen LogP contribution in [-0.2, 0) is 4.74 Å². The Balaban J connectivity index is 1.96. The van der Waals surface area contributed by atoms with Gasteiger partial charge in [0.05, 0.1) is 13.2 Å². The first-order valence-electron chi connectivity index (χ1n) is 5.14. The molecule has 70 valence electrons. The molecule has 2 fully saturated rings. The summed E-state index contributed by atoms with van der Waals surface area (Å²) in [4.78, 5) is 2.63. The molecule has 0 amide bonds. The molecule has 0 aromatic heterocycles. The molecule has 1 aliphatic carbocycles. The fraction of sp³-hybridized carbons (Fsp3) is 1.00. The van der Waals surface area contributed by atoms with Crippen LogP contribution in [0.3, 0.4) is 0 Å². The van der Waals surface area contributed by atoms with Crippen LogP contribution in [0.4, 0.5) is 0 Å². The van der Waals surface area contributed by atoms with E-state index >= 15 is 0 Å². The largest absolute Gasteiger partial charge is 0.379 e. The Bertz CT molecular complexity index is 146. The van der Waals surface area contributed by atoms with Gasteiger partial charge in [0, 0.05) is 18.6 Å². The van der Waals surface area contributed by atoms with Crippen LogP contribution in [0.1, 0.15) is 32.6 Å². The molecule has 2 heteroatoms. The fourth-order valence-electron chi connectivity index (χ4n) is 2.56. The fourth-order valence-corrected chi connectivity index (χ4v) is 2.56. The third kappa shape index (κ3) is 1.50.